The van der Waals surface area contributed by atoms with Crippen LogP contribution in [0.2, 0.25) is 0 Å². The Labute approximate surface area is 119 Å². The Kier molecular flexibility index (Phi) is 4.92. The van der Waals surface area contributed by atoms with Gasteiger partial charge in [-0.3, -0.25) is 9.69 Å². The first-order valence-electron chi connectivity index (χ1n) is 6.80. The summed E-state index contributed by atoms with van der Waals surface area (Å²) in [6.45, 7) is 5.62. The van der Waals surface area contributed by atoms with Gasteiger partial charge in [0.15, 0.2) is 0 Å². The number of aliphatic hydroxyl groups is 1. The van der Waals surface area contributed by atoms with Crippen LogP contribution in [0.3, 0.4) is 0 Å². The van der Waals surface area contributed by atoms with Crippen LogP contribution in [0.5, 0.6) is 5.88 Å². The third-order valence-corrected chi connectivity index (χ3v) is 3.58. The zero-order valence-corrected chi connectivity index (χ0v) is 12.0. The molecule has 0 bridgehead atoms. The normalized spacial score (nSPS) is 16.2. The molecule has 0 saturated carbocycles. The summed E-state index contributed by atoms with van der Waals surface area (Å²) in [5, 5.41) is 8.92. The summed E-state index contributed by atoms with van der Waals surface area (Å²) in [5.41, 5.74) is 1.31. The minimum absolute atomic E-state index is 0.0151. The van der Waals surface area contributed by atoms with Crippen molar-refractivity contribution in [2.24, 2.45) is 0 Å². The van der Waals surface area contributed by atoms with Gasteiger partial charge < -0.3 is 14.7 Å². The van der Waals surface area contributed by atoms with E-state index in [1.54, 1.807) is 19.2 Å². The van der Waals surface area contributed by atoms with Crippen LogP contribution >= 0.6 is 0 Å². The van der Waals surface area contributed by atoms with Crippen molar-refractivity contribution < 1.29 is 14.6 Å². The lowest BCUT2D eigenvalue weighted by Crippen LogP contribution is -2.49. The Hall–Kier alpha value is -1.66. The van der Waals surface area contributed by atoms with Gasteiger partial charge in [0.2, 0.25) is 5.88 Å². The van der Waals surface area contributed by atoms with Crippen molar-refractivity contribution in [1.82, 2.24) is 14.8 Å². The van der Waals surface area contributed by atoms with Crippen LogP contribution in [0.4, 0.5) is 0 Å². The number of nitrogens with zero attached hydrogens (tertiary/aromatic N) is 3. The Balaban J connectivity index is 2.02. The fourth-order valence-corrected chi connectivity index (χ4v) is 2.36. The van der Waals surface area contributed by atoms with E-state index in [1.807, 2.05) is 11.8 Å². The highest BCUT2D eigenvalue weighted by Crippen LogP contribution is 2.15. The third-order valence-electron chi connectivity index (χ3n) is 3.58. The second-order valence-corrected chi connectivity index (χ2v) is 4.84. The molecule has 2 heterocycles. The molecule has 0 aliphatic carbocycles. The van der Waals surface area contributed by atoms with E-state index in [0.717, 1.165) is 13.1 Å². The van der Waals surface area contributed by atoms with Gasteiger partial charge >= 0.3 is 0 Å². The quantitative estimate of drug-likeness (QED) is 0.850. The number of piperazine rings is 1. The lowest BCUT2D eigenvalue weighted by atomic mass is 10.1. The molecular formula is C14H21N3O3. The summed E-state index contributed by atoms with van der Waals surface area (Å²) < 4.78 is 5.05. The van der Waals surface area contributed by atoms with Crippen molar-refractivity contribution in [3.63, 3.8) is 0 Å². The molecule has 20 heavy (non-hydrogen) atoms. The van der Waals surface area contributed by atoms with Gasteiger partial charge in [-0.1, -0.05) is 0 Å². The molecule has 1 aliphatic heterocycles. The Morgan fingerprint density at radius 3 is 2.60 bits per heavy atom. The summed E-state index contributed by atoms with van der Waals surface area (Å²) in [4.78, 5) is 20.7. The first kappa shape index (κ1) is 14.7. The highest BCUT2D eigenvalue weighted by atomic mass is 16.5. The fourth-order valence-electron chi connectivity index (χ4n) is 2.36. The molecule has 1 saturated heterocycles. The molecular weight excluding hydrogens is 258 g/mol. The maximum absolute atomic E-state index is 12.5. The number of aromatic nitrogens is 1. The number of amides is 1. The van der Waals surface area contributed by atoms with Gasteiger partial charge in [-0.2, -0.15) is 0 Å². The van der Waals surface area contributed by atoms with E-state index in [2.05, 4.69) is 9.88 Å². The van der Waals surface area contributed by atoms with Crippen molar-refractivity contribution >= 4 is 5.91 Å². The fraction of sp³-hybridized carbons (Fsp3) is 0.571. The van der Waals surface area contributed by atoms with Crippen molar-refractivity contribution in [2.75, 3.05) is 46.4 Å². The molecule has 0 spiro atoms. The average Bonchev–Trinajstić information content (AvgIpc) is 2.47. The first-order valence-corrected chi connectivity index (χ1v) is 6.80. The monoisotopic (exact) mass is 279 g/mol. The summed E-state index contributed by atoms with van der Waals surface area (Å²) in [7, 11) is 1.56. The number of carbonyl (C=O) groups excluding carboxylic acids is 1. The molecule has 1 N–H and O–H groups in total. The second-order valence-electron chi connectivity index (χ2n) is 4.84. The van der Waals surface area contributed by atoms with E-state index in [-0.39, 0.29) is 12.5 Å². The number of carbonyl (C=O) groups is 1. The SMILES string of the molecule is COc1ccc(C(=O)N2CCN(CCO)CC2)c(C)n1. The van der Waals surface area contributed by atoms with Gasteiger partial charge in [0, 0.05) is 38.8 Å². The first-order chi connectivity index (χ1) is 9.65. The number of rotatable bonds is 4. The highest BCUT2D eigenvalue weighted by Gasteiger charge is 2.23. The molecule has 1 amide bonds. The molecule has 0 radical (unpaired) electrons. The number of ether oxygens (including phenoxy) is 1. The number of methoxy groups -OCH3 is 1. The minimum Gasteiger partial charge on any atom is -0.481 e. The third kappa shape index (κ3) is 3.26. The summed E-state index contributed by atoms with van der Waals surface area (Å²) >= 11 is 0. The van der Waals surface area contributed by atoms with Crippen molar-refractivity contribution in [2.45, 2.75) is 6.92 Å². The van der Waals surface area contributed by atoms with Crippen LogP contribution in [0.15, 0.2) is 12.1 Å². The number of hydrogen-bond donors (Lipinski definition) is 1. The smallest absolute Gasteiger partial charge is 0.255 e. The number of hydrogen-bond acceptors (Lipinski definition) is 5. The van der Waals surface area contributed by atoms with Crippen molar-refractivity contribution in [3.8, 4) is 5.88 Å². The topological polar surface area (TPSA) is 65.9 Å². The van der Waals surface area contributed by atoms with Gasteiger partial charge in [-0.25, -0.2) is 4.98 Å². The van der Waals surface area contributed by atoms with Gasteiger partial charge in [-0.05, 0) is 13.0 Å². The Bertz CT molecular complexity index is 471. The van der Waals surface area contributed by atoms with E-state index in [1.165, 1.54) is 0 Å². The van der Waals surface area contributed by atoms with E-state index < -0.39 is 0 Å². The molecule has 1 aromatic heterocycles. The van der Waals surface area contributed by atoms with Gasteiger partial charge in [0.1, 0.15) is 0 Å². The van der Waals surface area contributed by atoms with Crippen LogP contribution in [0.25, 0.3) is 0 Å². The van der Waals surface area contributed by atoms with Crippen LogP contribution in [0, 0.1) is 6.92 Å². The number of aliphatic hydroxyl groups excluding tert-OH is 1. The van der Waals surface area contributed by atoms with Crippen LogP contribution in [0.1, 0.15) is 16.1 Å². The molecule has 0 aromatic carbocycles. The number of β-amino-alcohol motifs (C(OH)–C–C–N with tert-alkyl or cyclic N) is 1. The standard InChI is InChI=1S/C14H21N3O3/c1-11-12(3-4-13(15-11)20-2)14(19)17-7-5-16(6-8-17)9-10-18/h3-4,18H,5-10H2,1-2H3. The zero-order valence-electron chi connectivity index (χ0n) is 12.0. The highest BCUT2D eigenvalue weighted by molar-refractivity contribution is 5.95. The summed E-state index contributed by atoms with van der Waals surface area (Å²) in [6, 6.07) is 3.48. The van der Waals surface area contributed by atoms with Gasteiger partial charge in [-0.15, -0.1) is 0 Å². The van der Waals surface area contributed by atoms with Crippen molar-refractivity contribution in [1.29, 1.82) is 0 Å². The molecule has 1 aromatic rings. The second kappa shape index (κ2) is 6.67. The molecule has 6 heteroatoms. The van der Waals surface area contributed by atoms with E-state index in [4.69, 9.17) is 9.84 Å². The van der Waals surface area contributed by atoms with E-state index in [9.17, 15) is 4.79 Å². The summed E-state index contributed by atoms with van der Waals surface area (Å²) in [6.07, 6.45) is 0. The molecule has 1 fully saturated rings. The van der Waals surface area contributed by atoms with E-state index in [0.29, 0.717) is 36.8 Å². The Morgan fingerprint density at radius 1 is 1.35 bits per heavy atom. The van der Waals surface area contributed by atoms with Gasteiger partial charge in [0.25, 0.3) is 5.91 Å². The number of aryl methyl sites for hydroxylation is 1. The van der Waals surface area contributed by atoms with E-state index >= 15 is 0 Å². The lowest BCUT2D eigenvalue weighted by Gasteiger charge is -2.34. The molecule has 110 valence electrons. The lowest BCUT2D eigenvalue weighted by molar-refractivity contribution is 0.0614. The molecule has 2 rings (SSSR count). The largest absolute Gasteiger partial charge is 0.481 e. The predicted octanol–water partition coefficient (Wildman–Crippen LogP) is 0.149. The Morgan fingerprint density at radius 2 is 2.05 bits per heavy atom. The van der Waals surface area contributed by atoms with Crippen LogP contribution in [-0.2, 0) is 0 Å². The van der Waals surface area contributed by atoms with Crippen molar-refractivity contribution in [3.05, 3.63) is 23.4 Å². The number of pyridine rings is 1. The van der Waals surface area contributed by atoms with Gasteiger partial charge in [0.05, 0.1) is 25.0 Å². The maximum Gasteiger partial charge on any atom is 0.255 e. The minimum atomic E-state index is 0.0151. The molecule has 0 unspecified atom stereocenters. The van der Waals surface area contributed by atoms with Crippen LogP contribution < -0.4 is 4.74 Å². The summed E-state index contributed by atoms with van der Waals surface area (Å²) in [5.74, 6) is 0.535. The van der Waals surface area contributed by atoms with Crippen LogP contribution in [-0.4, -0.2) is 72.2 Å². The molecule has 0 atom stereocenters. The molecule has 1 aliphatic rings. The maximum atomic E-state index is 12.5. The predicted molar refractivity (Wildman–Crippen MR) is 75.0 cm³/mol. The average molecular weight is 279 g/mol. The molecule has 6 nitrogen and oxygen atoms in total. The zero-order chi connectivity index (χ0) is 14.5.